The number of rotatable bonds is 10. The quantitative estimate of drug-likeness (QED) is 0.443. The molecular weight excluding hydrogens is 287 g/mol. The van der Waals surface area contributed by atoms with Gasteiger partial charge in [0.1, 0.15) is 0 Å². The van der Waals surface area contributed by atoms with Gasteiger partial charge in [-0.25, -0.2) is 0 Å². The summed E-state index contributed by atoms with van der Waals surface area (Å²) in [7, 11) is 0. The third-order valence-electron chi connectivity index (χ3n) is 3.68. The zero-order chi connectivity index (χ0) is 11.6. The van der Waals surface area contributed by atoms with E-state index in [9.17, 15) is 0 Å². The molecule has 0 aliphatic carbocycles. The molecule has 0 nitrogen and oxygen atoms in total. The first kappa shape index (κ1) is 15.8. The second kappa shape index (κ2) is 9.99. The molecule has 92 valence electrons. The van der Waals surface area contributed by atoms with Crippen molar-refractivity contribution in [2.45, 2.75) is 84.0 Å². The van der Waals surface area contributed by atoms with Gasteiger partial charge in [-0.3, -0.25) is 0 Å². The fourth-order valence-electron chi connectivity index (χ4n) is 2.91. The maximum absolute atomic E-state index is 2.40. The van der Waals surface area contributed by atoms with Gasteiger partial charge in [-0.05, 0) is 0 Å². The maximum atomic E-state index is 2.40. The number of hydrogen-bond donors (Lipinski definition) is 0. The van der Waals surface area contributed by atoms with E-state index in [2.05, 4.69) is 27.7 Å². The van der Waals surface area contributed by atoms with Crippen molar-refractivity contribution < 1.29 is 0 Å². The first-order valence-electron chi connectivity index (χ1n) is 7.24. The van der Waals surface area contributed by atoms with E-state index in [1.54, 1.807) is 17.7 Å². The first-order valence-corrected chi connectivity index (χ1v) is 15.3. The van der Waals surface area contributed by atoms with Crippen LogP contribution in [0.15, 0.2) is 0 Å². The Balaban J connectivity index is 4.26. The Kier molecular flexibility index (Phi) is 10.5. The monoisotopic (exact) mass is 320 g/mol. The van der Waals surface area contributed by atoms with E-state index in [-0.39, 0.29) is 0 Å². The molecule has 0 aliphatic heterocycles. The van der Waals surface area contributed by atoms with Crippen LogP contribution < -0.4 is 0 Å². The summed E-state index contributed by atoms with van der Waals surface area (Å²) in [5.41, 5.74) is 0. The van der Waals surface area contributed by atoms with Crippen molar-refractivity contribution in [1.29, 1.82) is 0 Å². The summed E-state index contributed by atoms with van der Waals surface area (Å²) in [6, 6.07) is 0. The van der Waals surface area contributed by atoms with Crippen LogP contribution in [0.1, 0.15) is 66.2 Å². The van der Waals surface area contributed by atoms with Crippen LogP contribution in [0.3, 0.4) is 0 Å². The number of hydrogen-bond acceptors (Lipinski definition) is 0. The normalized spacial score (nSPS) is 12.0. The van der Waals surface area contributed by atoms with Gasteiger partial charge in [-0.2, -0.15) is 0 Å². The molecule has 0 aliphatic rings. The van der Waals surface area contributed by atoms with Gasteiger partial charge in [0.15, 0.2) is 0 Å². The topological polar surface area (TPSA) is 0 Å². The third kappa shape index (κ3) is 6.86. The predicted molar refractivity (Wildman–Crippen MR) is 75.4 cm³/mol. The summed E-state index contributed by atoms with van der Waals surface area (Å²) in [4.78, 5) is 0. The first-order chi connectivity index (χ1) is 7.24. The molecule has 0 radical (unpaired) electrons. The minimum absolute atomic E-state index is 1.41. The second-order valence-corrected chi connectivity index (χ2v) is 19.5. The van der Waals surface area contributed by atoms with Crippen molar-refractivity contribution in [2.24, 2.45) is 0 Å². The summed E-state index contributed by atoms with van der Waals surface area (Å²) >= 11 is -1.63. The molecule has 0 unspecified atom stereocenters. The van der Waals surface area contributed by atoms with Crippen LogP contribution in [0.4, 0.5) is 0 Å². The van der Waals surface area contributed by atoms with Crippen LogP contribution in [0.2, 0.25) is 17.7 Å². The Hall–Kier alpha value is 0.799. The van der Waals surface area contributed by atoms with Crippen molar-refractivity contribution in [1.82, 2.24) is 0 Å². The summed E-state index contributed by atoms with van der Waals surface area (Å²) in [6.07, 6.45) is 8.81. The molecule has 0 fully saturated rings. The van der Waals surface area contributed by atoms with Crippen LogP contribution in [-0.2, 0) is 0 Å². The zero-order valence-electron chi connectivity index (χ0n) is 11.6. The molecular formula is C14H32Sn. The van der Waals surface area contributed by atoms with E-state index in [4.69, 9.17) is 0 Å². The van der Waals surface area contributed by atoms with Gasteiger partial charge in [0.25, 0.3) is 0 Å². The van der Waals surface area contributed by atoms with E-state index < -0.39 is 18.4 Å². The molecule has 0 amide bonds. The summed E-state index contributed by atoms with van der Waals surface area (Å²) in [5.74, 6) is 0. The van der Waals surface area contributed by atoms with E-state index in [0.717, 1.165) is 0 Å². The number of unbranched alkanes of at least 4 members (excludes halogenated alkanes) is 2. The van der Waals surface area contributed by atoms with E-state index in [0.29, 0.717) is 0 Å². The molecule has 0 aromatic heterocycles. The Morgan fingerprint density at radius 3 is 1.20 bits per heavy atom. The fourth-order valence-corrected chi connectivity index (χ4v) is 19.5. The van der Waals surface area contributed by atoms with E-state index in [1.807, 2.05) is 0 Å². The molecule has 0 spiro atoms. The Morgan fingerprint density at radius 1 is 0.533 bits per heavy atom. The van der Waals surface area contributed by atoms with Gasteiger partial charge in [0.05, 0.1) is 0 Å². The molecule has 15 heavy (non-hydrogen) atoms. The van der Waals surface area contributed by atoms with Gasteiger partial charge in [0.2, 0.25) is 0 Å². The van der Waals surface area contributed by atoms with Gasteiger partial charge in [0, 0.05) is 0 Å². The van der Waals surface area contributed by atoms with Crippen molar-refractivity contribution >= 4 is 18.4 Å². The predicted octanol–water partition coefficient (Wildman–Crippen LogP) is 5.86. The molecule has 0 saturated heterocycles. The molecule has 0 N–H and O–H groups in total. The Bertz CT molecular complexity index is 115. The summed E-state index contributed by atoms with van der Waals surface area (Å²) in [6.45, 7) is 9.52. The SMILES string of the molecule is CCC[CH2][Sn]([CH2]CC)([CH2]CC)[CH2]CCC. The van der Waals surface area contributed by atoms with Gasteiger partial charge < -0.3 is 0 Å². The Labute approximate surface area is 102 Å². The summed E-state index contributed by atoms with van der Waals surface area (Å²) < 4.78 is 6.71. The van der Waals surface area contributed by atoms with Gasteiger partial charge in [-0.15, -0.1) is 0 Å². The molecule has 0 bridgehead atoms. The van der Waals surface area contributed by atoms with Crippen LogP contribution in [-0.4, -0.2) is 18.4 Å². The standard InChI is InChI=1S/2C4H9.2C3H7.Sn/c2*1-3-4-2;2*1-3-2;/h2*1,3-4H2,2H3;2*1,3H2,2H3;. The molecule has 0 aromatic carbocycles. The van der Waals surface area contributed by atoms with Gasteiger partial charge in [-0.1, -0.05) is 0 Å². The minimum atomic E-state index is -1.63. The Morgan fingerprint density at radius 2 is 0.933 bits per heavy atom. The average molecular weight is 319 g/mol. The van der Waals surface area contributed by atoms with Crippen LogP contribution in [0.25, 0.3) is 0 Å². The zero-order valence-corrected chi connectivity index (χ0v) is 14.4. The molecule has 0 rings (SSSR count). The van der Waals surface area contributed by atoms with Crippen LogP contribution >= 0.6 is 0 Å². The van der Waals surface area contributed by atoms with Crippen molar-refractivity contribution in [3.8, 4) is 0 Å². The molecule has 1 heteroatoms. The van der Waals surface area contributed by atoms with Crippen molar-refractivity contribution in [3.63, 3.8) is 0 Å². The van der Waals surface area contributed by atoms with Gasteiger partial charge >= 0.3 is 102 Å². The molecule has 0 aromatic rings. The molecule has 0 saturated carbocycles. The molecule has 0 heterocycles. The molecule has 0 atom stereocenters. The van der Waals surface area contributed by atoms with Crippen molar-refractivity contribution in [3.05, 3.63) is 0 Å². The second-order valence-electron chi connectivity index (χ2n) is 5.21. The third-order valence-corrected chi connectivity index (χ3v) is 20.7. The summed E-state index contributed by atoms with van der Waals surface area (Å²) in [5, 5.41) is 0. The van der Waals surface area contributed by atoms with Crippen LogP contribution in [0, 0.1) is 0 Å². The van der Waals surface area contributed by atoms with E-state index in [1.165, 1.54) is 38.5 Å². The average Bonchev–Trinajstić information content (AvgIpc) is 2.24. The van der Waals surface area contributed by atoms with Crippen molar-refractivity contribution in [2.75, 3.05) is 0 Å². The fraction of sp³-hybridized carbons (Fsp3) is 1.00. The van der Waals surface area contributed by atoms with E-state index >= 15 is 0 Å². The van der Waals surface area contributed by atoms with Crippen LogP contribution in [0.5, 0.6) is 0 Å².